The average Bonchev–Trinajstić information content (AvgIpc) is 2.96. The maximum Gasteiger partial charge on any atom is 0.421 e. The van der Waals surface area contributed by atoms with Gasteiger partial charge in [-0.3, -0.25) is 4.90 Å². The summed E-state index contributed by atoms with van der Waals surface area (Å²) in [6.07, 6.45) is 0.861. The van der Waals surface area contributed by atoms with Crippen LogP contribution < -0.4 is 19.9 Å². The van der Waals surface area contributed by atoms with Crippen LogP contribution >= 0.6 is 23.2 Å². The molecule has 0 bridgehead atoms. The van der Waals surface area contributed by atoms with Crippen molar-refractivity contribution in [2.75, 3.05) is 48.3 Å². The van der Waals surface area contributed by atoms with Crippen molar-refractivity contribution in [3.63, 3.8) is 0 Å². The van der Waals surface area contributed by atoms with Crippen molar-refractivity contribution in [2.24, 2.45) is 0 Å². The highest BCUT2D eigenvalue weighted by atomic mass is 35.5. The van der Waals surface area contributed by atoms with Gasteiger partial charge in [0.05, 0.1) is 12.2 Å². The Bertz CT molecular complexity index is 1620. The molecule has 11 heteroatoms. The first-order chi connectivity index (χ1) is 20.6. The summed E-state index contributed by atoms with van der Waals surface area (Å²) in [5.74, 6) is 0.578. The number of nitrogens with one attached hydrogen (secondary N) is 1. The van der Waals surface area contributed by atoms with Crippen molar-refractivity contribution in [1.29, 1.82) is 0 Å². The number of hydrogen-bond acceptors (Lipinski definition) is 7. The minimum atomic E-state index is -0.654. The van der Waals surface area contributed by atoms with E-state index in [1.165, 1.54) is 17.2 Å². The molecule has 1 aromatic heterocycles. The number of likely N-dealkylation sites (N-methyl/N-ethyl adjacent to an activating group) is 1. The van der Waals surface area contributed by atoms with E-state index in [1.807, 2.05) is 37.8 Å². The second-order valence-electron chi connectivity index (χ2n) is 10.7. The standard InChI is InChI=1S/C32H33Cl2FN6O2/c1-20-15-21(2)30(22(3)16-20)43-32(42)41(19-23-17-24(33)5-7-26(23)34)29-9-10-36-31(38-29)37-25-6-8-28(27(35)18-25)40-13-11-39(4)12-14-40/h5-10,15-18H,11-14,19H2,1-4H3,(H,36,37,38). The molecular formula is C32H33Cl2FN6O2. The van der Waals surface area contributed by atoms with Crippen molar-refractivity contribution in [3.05, 3.63) is 98.9 Å². The maximum absolute atomic E-state index is 15.1. The van der Waals surface area contributed by atoms with Crippen LogP contribution in [0.4, 0.5) is 32.3 Å². The Hall–Kier alpha value is -3.92. The van der Waals surface area contributed by atoms with Gasteiger partial charge in [0.2, 0.25) is 5.95 Å². The molecule has 1 aliphatic heterocycles. The average molecular weight is 624 g/mol. The van der Waals surface area contributed by atoms with Crippen LogP contribution in [-0.4, -0.2) is 54.2 Å². The van der Waals surface area contributed by atoms with Crippen LogP contribution in [-0.2, 0) is 6.54 Å². The number of ether oxygens (including phenoxy) is 1. The molecule has 43 heavy (non-hydrogen) atoms. The summed E-state index contributed by atoms with van der Waals surface area (Å²) in [7, 11) is 2.06. The van der Waals surface area contributed by atoms with E-state index in [1.54, 1.807) is 36.4 Å². The Balaban J connectivity index is 1.42. The Morgan fingerprint density at radius 2 is 1.72 bits per heavy atom. The van der Waals surface area contributed by atoms with E-state index >= 15 is 4.39 Å². The van der Waals surface area contributed by atoms with E-state index in [0.717, 1.165) is 42.9 Å². The molecule has 1 aliphatic rings. The molecule has 1 saturated heterocycles. The number of halogens is 3. The summed E-state index contributed by atoms with van der Waals surface area (Å²) in [4.78, 5) is 28.2. The minimum Gasteiger partial charge on any atom is -0.409 e. The molecule has 2 heterocycles. The van der Waals surface area contributed by atoms with Crippen molar-refractivity contribution in [3.8, 4) is 5.75 Å². The number of rotatable bonds is 7. The lowest BCUT2D eigenvalue weighted by Crippen LogP contribution is -2.44. The van der Waals surface area contributed by atoms with E-state index in [4.69, 9.17) is 27.9 Å². The number of hydrogen-bond donors (Lipinski definition) is 1. The highest BCUT2D eigenvalue weighted by Gasteiger charge is 2.24. The van der Waals surface area contributed by atoms with Gasteiger partial charge in [0.25, 0.3) is 0 Å². The van der Waals surface area contributed by atoms with E-state index < -0.39 is 6.09 Å². The summed E-state index contributed by atoms with van der Waals surface area (Å²) in [5.41, 5.74) is 4.38. The molecule has 8 nitrogen and oxygen atoms in total. The molecule has 0 aliphatic carbocycles. The molecule has 224 valence electrons. The number of benzene rings is 3. The molecule has 0 saturated carbocycles. The molecule has 1 amide bonds. The Morgan fingerprint density at radius 3 is 2.42 bits per heavy atom. The van der Waals surface area contributed by atoms with Crippen molar-refractivity contribution >= 4 is 52.4 Å². The number of amides is 1. The second-order valence-corrected chi connectivity index (χ2v) is 11.6. The minimum absolute atomic E-state index is 0.0347. The monoisotopic (exact) mass is 622 g/mol. The topological polar surface area (TPSA) is 73.8 Å². The van der Waals surface area contributed by atoms with Crippen molar-refractivity contribution in [1.82, 2.24) is 14.9 Å². The fraction of sp³-hybridized carbons (Fsp3) is 0.281. The predicted molar refractivity (Wildman–Crippen MR) is 171 cm³/mol. The fourth-order valence-electron chi connectivity index (χ4n) is 5.12. The molecule has 1 fully saturated rings. The zero-order valence-electron chi connectivity index (χ0n) is 24.5. The number of piperazine rings is 1. The van der Waals surface area contributed by atoms with Crippen LogP contribution in [0.3, 0.4) is 0 Å². The maximum atomic E-state index is 15.1. The lowest BCUT2D eigenvalue weighted by atomic mass is 10.1. The van der Waals surface area contributed by atoms with Gasteiger partial charge in [0.15, 0.2) is 0 Å². The fourth-order valence-corrected chi connectivity index (χ4v) is 5.49. The van der Waals surface area contributed by atoms with Gasteiger partial charge in [0.1, 0.15) is 17.4 Å². The zero-order valence-corrected chi connectivity index (χ0v) is 26.0. The molecule has 1 N–H and O–H groups in total. The zero-order chi connectivity index (χ0) is 30.7. The Morgan fingerprint density at radius 1 is 1.00 bits per heavy atom. The molecule has 3 aromatic carbocycles. The normalized spacial score (nSPS) is 13.6. The molecule has 4 aromatic rings. The first-order valence-corrected chi connectivity index (χ1v) is 14.7. The van der Waals surface area contributed by atoms with Crippen LogP contribution in [0.25, 0.3) is 0 Å². The van der Waals surface area contributed by atoms with E-state index in [-0.39, 0.29) is 24.1 Å². The van der Waals surface area contributed by atoms with Gasteiger partial charge < -0.3 is 19.9 Å². The van der Waals surface area contributed by atoms with Gasteiger partial charge in [-0.1, -0.05) is 40.9 Å². The van der Waals surface area contributed by atoms with Crippen LogP contribution in [0, 0.1) is 26.6 Å². The van der Waals surface area contributed by atoms with Crippen LogP contribution in [0.5, 0.6) is 5.75 Å². The molecule has 0 atom stereocenters. The number of anilines is 4. The van der Waals surface area contributed by atoms with Crippen LogP contribution in [0.1, 0.15) is 22.3 Å². The third-order valence-corrected chi connectivity index (χ3v) is 7.92. The van der Waals surface area contributed by atoms with E-state index in [9.17, 15) is 4.79 Å². The van der Waals surface area contributed by atoms with E-state index in [2.05, 4.69) is 27.2 Å². The summed E-state index contributed by atoms with van der Waals surface area (Å²) in [5, 5.41) is 3.97. The first-order valence-electron chi connectivity index (χ1n) is 13.9. The van der Waals surface area contributed by atoms with Crippen LogP contribution in [0.15, 0.2) is 60.8 Å². The number of nitrogens with zero attached hydrogens (tertiary/aromatic N) is 5. The largest absolute Gasteiger partial charge is 0.421 e. The Labute approximate surface area is 261 Å². The molecular weight excluding hydrogens is 590 g/mol. The van der Waals surface area contributed by atoms with Gasteiger partial charge in [-0.05, 0) is 87.0 Å². The SMILES string of the molecule is Cc1cc(C)c(OC(=O)N(Cc2cc(Cl)ccc2Cl)c2ccnc(Nc3ccc(N4CCN(C)CC4)c(F)c3)n2)c(C)c1. The van der Waals surface area contributed by atoms with Gasteiger partial charge in [-0.15, -0.1) is 0 Å². The lowest BCUT2D eigenvalue weighted by Gasteiger charge is -2.34. The van der Waals surface area contributed by atoms with Crippen molar-refractivity contribution < 1.29 is 13.9 Å². The van der Waals surface area contributed by atoms with Gasteiger partial charge in [-0.2, -0.15) is 4.98 Å². The predicted octanol–water partition coefficient (Wildman–Crippen LogP) is 7.55. The Kier molecular flexibility index (Phi) is 9.34. The van der Waals surface area contributed by atoms with Gasteiger partial charge >= 0.3 is 6.09 Å². The van der Waals surface area contributed by atoms with E-state index in [0.29, 0.717) is 32.7 Å². The number of carbonyl (C=O) groups is 1. The van der Waals surface area contributed by atoms with Crippen molar-refractivity contribution in [2.45, 2.75) is 27.3 Å². The summed E-state index contributed by atoms with van der Waals surface area (Å²) < 4.78 is 21.0. The van der Waals surface area contributed by atoms with Crippen LogP contribution in [0.2, 0.25) is 10.0 Å². The third-order valence-electron chi connectivity index (χ3n) is 7.32. The number of aryl methyl sites for hydroxylation is 3. The lowest BCUT2D eigenvalue weighted by molar-refractivity contribution is 0.206. The third kappa shape index (κ3) is 7.36. The summed E-state index contributed by atoms with van der Waals surface area (Å²) >= 11 is 12.7. The quantitative estimate of drug-likeness (QED) is 0.228. The molecule has 0 radical (unpaired) electrons. The number of aromatic nitrogens is 2. The highest BCUT2D eigenvalue weighted by molar-refractivity contribution is 6.33. The van der Waals surface area contributed by atoms with Gasteiger partial charge in [-0.25, -0.2) is 14.2 Å². The summed E-state index contributed by atoms with van der Waals surface area (Å²) in [6, 6.07) is 15.5. The molecule has 0 spiro atoms. The summed E-state index contributed by atoms with van der Waals surface area (Å²) in [6.45, 7) is 9.08. The highest BCUT2D eigenvalue weighted by Crippen LogP contribution is 2.30. The number of carbonyl (C=O) groups excluding carboxylic acids is 1. The molecule has 5 rings (SSSR count). The molecule has 0 unspecified atom stereocenters. The smallest absolute Gasteiger partial charge is 0.409 e. The second kappa shape index (κ2) is 13.2. The first kappa shape index (κ1) is 30.5. The van der Waals surface area contributed by atoms with Gasteiger partial charge in [0, 0.05) is 48.1 Å².